The number of H-pyrrole nitrogens is 1. The zero-order valence-corrected chi connectivity index (χ0v) is 17.1. The Bertz CT molecular complexity index is 1370. The topological polar surface area (TPSA) is 177 Å². The Morgan fingerprint density at radius 1 is 1.29 bits per heavy atom. The van der Waals surface area contributed by atoms with E-state index < -0.39 is 6.04 Å². The van der Waals surface area contributed by atoms with E-state index in [-0.39, 0.29) is 34.1 Å². The number of nitrogens with one attached hydrogen (secondary N) is 2. The molecule has 12 heteroatoms. The van der Waals surface area contributed by atoms with Crippen LogP contribution in [0.5, 0.6) is 0 Å². The zero-order valence-electron chi connectivity index (χ0n) is 16.3. The number of benzene rings is 1. The lowest BCUT2D eigenvalue weighted by Crippen LogP contribution is -2.29. The molecule has 11 nitrogen and oxygen atoms in total. The third kappa shape index (κ3) is 3.49. The first-order valence-electron chi connectivity index (χ1n) is 9.25. The molecular formula is C19H17ClN10O. The molecule has 156 valence electrons. The maximum absolute atomic E-state index is 13.4. The summed E-state index contributed by atoms with van der Waals surface area (Å²) in [4.78, 5) is 26.0. The number of aromatic nitrogens is 6. The van der Waals surface area contributed by atoms with Crippen LogP contribution in [0.25, 0.3) is 16.7 Å². The SMILES string of the molecule is CC[C@H](Nc1nc(N)nc(N)c1C#N)c1nc2cccc(Cl)c2c(=O)n1-c1ccn[nH]1. The molecule has 0 amide bonds. The van der Waals surface area contributed by atoms with Crippen LogP contribution in [0.3, 0.4) is 0 Å². The third-order valence-corrected chi connectivity index (χ3v) is 5.01. The summed E-state index contributed by atoms with van der Waals surface area (Å²) < 4.78 is 1.39. The molecule has 4 rings (SSSR count). The lowest BCUT2D eigenvalue weighted by molar-refractivity contribution is 0.652. The number of hydrogen-bond donors (Lipinski definition) is 4. The summed E-state index contributed by atoms with van der Waals surface area (Å²) in [5, 5.41) is 19.9. The molecule has 6 N–H and O–H groups in total. The summed E-state index contributed by atoms with van der Waals surface area (Å²) in [6.07, 6.45) is 2.01. The van der Waals surface area contributed by atoms with Crippen LogP contribution in [0.2, 0.25) is 5.02 Å². The molecule has 0 aliphatic carbocycles. The molecule has 0 aliphatic heterocycles. The van der Waals surface area contributed by atoms with E-state index in [4.69, 9.17) is 28.1 Å². The Hall–Kier alpha value is -4.17. The maximum Gasteiger partial charge on any atom is 0.268 e. The van der Waals surface area contributed by atoms with Gasteiger partial charge in [-0.3, -0.25) is 9.89 Å². The van der Waals surface area contributed by atoms with Gasteiger partial charge in [-0.05, 0) is 18.6 Å². The Morgan fingerprint density at radius 2 is 2.10 bits per heavy atom. The maximum atomic E-state index is 13.4. The highest BCUT2D eigenvalue weighted by molar-refractivity contribution is 6.35. The number of halogens is 1. The summed E-state index contributed by atoms with van der Waals surface area (Å²) in [5.74, 6) is 0.800. The number of nitriles is 1. The smallest absolute Gasteiger partial charge is 0.268 e. The summed E-state index contributed by atoms with van der Waals surface area (Å²) in [5.41, 5.74) is 11.6. The Morgan fingerprint density at radius 3 is 2.77 bits per heavy atom. The molecule has 0 fully saturated rings. The van der Waals surface area contributed by atoms with Crippen LogP contribution in [-0.2, 0) is 0 Å². The van der Waals surface area contributed by atoms with E-state index in [2.05, 4.69) is 25.5 Å². The predicted octanol–water partition coefficient (Wildman–Crippen LogP) is 2.15. The second-order valence-electron chi connectivity index (χ2n) is 6.59. The fourth-order valence-corrected chi connectivity index (χ4v) is 3.52. The number of nitrogen functional groups attached to an aromatic ring is 2. The Kier molecular flexibility index (Phi) is 5.14. The molecular weight excluding hydrogens is 420 g/mol. The number of nitrogens with zero attached hydrogens (tertiary/aromatic N) is 6. The Labute approximate surface area is 180 Å². The van der Waals surface area contributed by atoms with Gasteiger partial charge < -0.3 is 16.8 Å². The van der Waals surface area contributed by atoms with Gasteiger partial charge in [0.2, 0.25) is 5.95 Å². The first-order valence-corrected chi connectivity index (χ1v) is 9.63. The molecule has 0 unspecified atom stereocenters. The zero-order chi connectivity index (χ0) is 22.1. The van der Waals surface area contributed by atoms with Gasteiger partial charge in [0.1, 0.15) is 29.1 Å². The molecule has 31 heavy (non-hydrogen) atoms. The molecule has 4 aromatic rings. The fourth-order valence-electron chi connectivity index (χ4n) is 3.27. The monoisotopic (exact) mass is 436 g/mol. The highest BCUT2D eigenvalue weighted by atomic mass is 35.5. The first kappa shape index (κ1) is 20.1. The van der Waals surface area contributed by atoms with Gasteiger partial charge in [0, 0.05) is 6.07 Å². The van der Waals surface area contributed by atoms with E-state index >= 15 is 0 Å². The van der Waals surface area contributed by atoms with Gasteiger partial charge in [0.15, 0.2) is 5.82 Å². The van der Waals surface area contributed by atoms with Crippen molar-refractivity contribution in [3.05, 3.63) is 57.2 Å². The second-order valence-corrected chi connectivity index (χ2v) is 7.00. The number of fused-ring (bicyclic) bond motifs is 1. The van der Waals surface area contributed by atoms with Gasteiger partial charge in [-0.25, -0.2) is 9.55 Å². The van der Waals surface area contributed by atoms with Gasteiger partial charge in [0.25, 0.3) is 5.56 Å². The lowest BCUT2D eigenvalue weighted by atomic mass is 10.1. The van der Waals surface area contributed by atoms with Crippen molar-refractivity contribution in [1.29, 1.82) is 5.26 Å². The number of rotatable bonds is 5. The van der Waals surface area contributed by atoms with Crippen LogP contribution in [0, 0.1) is 11.3 Å². The van der Waals surface area contributed by atoms with Gasteiger partial charge in [-0.2, -0.15) is 20.3 Å². The number of aromatic amines is 1. The van der Waals surface area contributed by atoms with Crippen LogP contribution in [-0.4, -0.2) is 29.7 Å². The molecule has 0 bridgehead atoms. The van der Waals surface area contributed by atoms with Crippen molar-refractivity contribution >= 4 is 40.1 Å². The Balaban J connectivity index is 1.95. The molecule has 1 aromatic carbocycles. The molecule has 0 spiro atoms. The standard InChI is InChI=1S/C19H17ClN10O/c1-2-11(25-16-9(8-21)15(22)27-19(23)28-16)17-26-12-5-3-4-10(20)14(12)18(31)30(17)13-6-7-24-29-13/h3-7,11H,2H2,1H3,(H,24,29)(H5,22,23,25,27,28)/t11-/m0/s1. The highest BCUT2D eigenvalue weighted by Crippen LogP contribution is 2.28. The van der Waals surface area contributed by atoms with E-state index in [1.54, 1.807) is 24.3 Å². The molecule has 0 radical (unpaired) electrons. The van der Waals surface area contributed by atoms with Crippen molar-refractivity contribution in [3.8, 4) is 11.9 Å². The summed E-state index contributed by atoms with van der Waals surface area (Å²) in [6, 6.07) is 8.13. The van der Waals surface area contributed by atoms with E-state index in [1.165, 1.54) is 10.8 Å². The minimum atomic E-state index is -0.541. The largest absolute Gasteiger partial charge is 0.382 e. The fraction of sp³-hybridized carbons (Fsp3) is 0.158. The summed E-state index contributed by atoms with van der Waals surface area (Å²) >= 11 is 6.29. The quantitative estimate of drug-likeness (QED) is 0.364. The van der Waals surface area contributed by atoms with Gasteiger partial charge in [-0.1, -0.05) is 24.6 Å². The minimum Gasteiger partial charge on any atom is -0.382 e. The van der Waals surface area contributed by atoms with Crippen LogP contribution >= 0.6 is 11.6 Å². The minimum absolute atomic E-state index is 0.0448. The molecule has 3 heterocycles. The third-order valence-electron chi connectivity index (χ3n) is 4.70. The van der Waals surface area contributed by atoms with E-state index in [0.717, 1.165) is 0 Å². The predicted molar refractivity (Wildman–Crippen MR) is 117 cm³/mol. The van der Waals surface area contributed by atoms with Gasteiger partial charge in [0.05, 0.1) is 28.2 Å². The van der Waals surface area contributed by atoms with Gasteiger partial charge in [-0.15, -0.1) is 0 Å². The van der Waals surface area contributed by atoms with E-state index in [9.17, 15) is 10.1 Å². The van der Waals surface area contributed by atoms with Crippen molar-refractivity contribution in [1.82, 2.24) is 29.7 Å². The van der Waals surface area contributed by atoms with Crippen molar-refractivity contribution in [2.24, 2.45) is 0 Å². The highest BCUT2D eigenvalue weighted by Gasteiger charge is 2.24. The van der Waals surface area contributed by atoms with E-state index in [1.807, 2.05) is 13.0 Å². The van der Waals surface area contributed by atoms with Crippen molar-refractivity contribution < 1.29 is 0 Å². The van der Waals surface area contributed by atoms with Crippen LogP contribution in [0.4, 0.5) is 17.6 Å². The summed E-state index contributed by atoms with van der Waals surface area (Å²) in [7, 11) is 0. The van der Waals surface area contributed by atoms with Crippen LogP contribution in [0.15, 0.2) is 35.3 Å². The normalized spacial score (nSPS) is 11.9. The molecule has 3 aromatic heterocycles. The number of anilines is 3. The average molecular weight is 437 g/mol. The number of hydrogen-bond acceptors (Lipinski definition) is 9. The van der Waals surface area contributed by atoms with Crippen molar-refractivity contribution in [3.63, 3.8) is 0 Å². The van der Waals surface area contributed by atoms with Crippen LogP contribution in [0.1, 0.15) is 30.8 Å². The first-order chi connectivity index (χ1) is 14.9. The second kappa shape index (κ2) is 7.92. The van der Waals surface area contributed by atoms with Crippen LogP contribution < -0.4 is 22.3 Å². The van der Waals surface area contributed by atoms with Crippen molar-refractivity contribution in [2.45, 2.75) is 19.4 Å². The summed E-state index contributed by atoms with van der Waals surface area (Å²) in [6.45, 7) is 1.89. The molecule has 1 atom stereocenters. The molecule has 0 aliphatic rings. The average Bonchev–Trinajstić information content (AvgIpc) is 3.25. The number of nitrogens with two attached hydrogens (primary N) is 2. The van der Waals surface area contributed by atoms with Gasteiger partial charge >= 0.3 is 0 Å². The lowest BCUT2D eigenvalue weighted by Gasteiger charge is -2.22. The molecule has 0 saturated heterocycles. The molecule has 0 saturated carbocycles. The van der Waals surface area contributed by atoms with Crippen molar-refractivity contribution in [2.75, 3.05) is 16.8 Å². The van der Waals surface area contributed by atoms with E-state index in [0.29, 0.717) is 28.6 Å².